The summed E-state index contributed by atoms with van der Waals surface area (Å²) in [7, 11) is 2.30. The zero-order chi connectivity index (χ0) is 14.1. The van der Waals surface area contributed by atoms with Gasteiger partial charge >= 0.3 is 0 Å². The molecule has 0 aliphatic carbocycles. The molecule has 0 aromatic rings. The van der Waals surface area contributed by atoms with Crippen molar-refractivity contribution in [3.05, 3.63) is 0 Å². The summed E-state index contributed by atoms with van der Waals surface area (Å²) in [5.41, 5.74) is 0.421. The van der Waals surface area contributed by atoms with Crippen LogP contribution in [0.2, 0.25) is 0 Å². The molecule has 0 saturated carbocycles. The smallest absolute Gasteiger partial charge is 0.0472 e. The van der Waals surface area contributed by atoms with Gasteiger partial charge in [-0.05, 0) is 51.1 Å². The van der Waals surface area contributed by atoms with Crippen LogP contribution in [-0.2, 0) is 4.74 Å². The molecule has 1 aliphatic heterocycles. The number of nitrogens with zero attached hydrogens (tertiary/aromatic N) is 1. The van der Waals surface area contributed by atoms with Crippen molar-refractivity contribution in [3.8, 4) is 0 Å². The zero-order valence-corrected chi connectivity index (χ0v) is 13.5. The van der Waals surface area contributed by atoms with E-state index in [-0.39, 0.29) is 0 Å². The highest BCUT2D eigenvalue weighted by atomic mass is 16.5. The molecule has 0 aromatic heterocycles. The van der Waals surface area contributed by atoms with Crippen molar-refractivity contribution in [3.63, 3.8) is 0 Å². The van der Waals surface area contributed by atoms with Gasteiger partial charge in [-0.1, -0.05) is 20.8 Å². The maximum Gasteiger partial charge on any atom is 0.0472 e. The summed E-state index contributed by atoms with van der Waals surface area (Å²) in [5.74, 6) is 0. The van der Waals surface area contributed by atoms with Crippen LogP contribution in [0.15, 0.2) is 0 Å². The van der Waals surface area contributed by atoms with Crippen LogP contribution in [0.5, 0.6) is 0 Å². The Labute approximate surface area is 120 Å². The minimum atomic E-state index is 0.421. The van der Waals surface area contributed by atoms with E-state index >= 15 is 0 Å². The van der Waals surface area contributed by atoms with Crippen LogP contribution < -0.4 is 5.32 Å². The minimum absolute atomic E-state index is 0.421. The van der Waals surface area contributed by atoms with Crippen LogP contribution in [0.3, 0.4) is 0 Å². The molecule has 0 bridgehead atoms. The Morgan fingerprint density at radius 2 is 1.79 bits per heavy atom. The summed E-state index contributed by atoms with van der Waals surface area (Å²) in [6, 6.07) is 0.728. The third kappa shape index (κ3) is 5.41. The number of nitrogens with one attached hydrogen (secondary N) is 1. The SMILES string of the molecule is CCCNCC1(CN(C)C(CC)CC)CCOCC1. The van der Waals surface area contributed by atoms with Gasteiger partial charge in [-0.15, -0.1) is 0 Å². The maximum absolute atomic E-state index is 5.58. The van der Waals surface area contributed by atoms with Gasteiger partial charge in [-0.25, -0.2) is 0 Å². The summed E-state index contributed by atoms with van der Waals surface area (Å²) >= 11 is 0. The predicted molar refractivity (Wildman–Crippen MR) is 82.6 cm³/mol. The van der Waals surface area contributed by atoms with Gasteiger partial charge < -0.3 is 15.0 Å². The van der Waals surface area contributed by atoms with Crippen molar-refractivity contribution in [1.29, 1.82) is 0 Å². The first-order valence-corrected chi connectivity index (χ1v) is 8.16. The minimum Gasteiger partial charge on any atom is -0.381 e. The molecule has 1 aliphatic rings. The van der Waals surface area contributed by atoms with Gasteiger partial charge in [0.25, 0.3) is 0 Å². The summed E-state index contributed by atoms with van der Waals surface area (Å²) in [4.78, 5) is 2.58. The molecule has 0 atom stereocenters. The van der Waals surface area contributed by atoms with E-state index in [1.165, 1.54) is 38.6 Å². The Hall–Kier alpha value is -0.120. The Kier molecular flexibility index (Phi) is 7.96. The van der Waals surface area contributed by atoms with E-state index in [0.717, 1.165) is 32.3 Å². The summed E-state index contributed by atoms with van der Waals surface area (Å²) in [6.07, 6.45) is 6.13. The third-order valence-corrected chi connectivity index (χ3v) is 4.63. The Morgan fingerprint density at radius 3 is 2.32 bits per heavy atom. The highest BCUT2D eigenvalue weighted by molar-refractivity contribution is 4.88. The molecule has 114 valence electrons. The van der Waals surface area contributed by atoms with Crippen molar-refractivity contribution < 1.29 is 4.74 Å². The fraction of sp³-hybridized carbons (Fsp3) is 1.00. The van der Waals surface area contributed by atoms with E-state index < -0.39 is 0 Å². The predicted octanol–water partition coefficient (Wildman–Crippen LogP) is 2.90. The van der Waals surface area contributed by atoms with Gasteiger partial charge in [0.2, 0.25) is 0 Å². The number of hydrogen-bond donors (Lipinski definition) is 1. The highest BCUT2D eigenvalue weighted by Gasteiger charge is 2.34. The second-order valence-electron chi connectivity index (χ2n) is 6.17. The van der Waals surface area contributed by atoms with Crippen LogP contribution in [0, 0.1) is 5.41 Å². The van der Waals surface area contributed by atoms with Crippen molar-refractivity contribution in [2.45, 2.75) is 58.9 Å². The lowest BCUT2D eigenvalue weighted by atomic mass is 9.79. The van der Waals surface area contributed by atoms with Gasteiger partial charge in [0.1, 0.15) is 0 Å². The van der Waals surface area contributed by atoms with Crippen LogP contribution >= 0.6 is 0 Å². The fourth-order valence-electron chi connectivity index (χ4n) is 3.30. The average Bonchev–Trinajstić information content (AvgIpc) is 2.41. The topological polar surface area (TPSA) is 24.5 Å². The van der Waals surface area contributed by atoms with E-state index in [2.05, 4.69) is 38.0 Å². The standard InChI is InChI=1S/C16H34N2O/c1-5-10-17-13-16(8-11-19-12-9-16)14-18(4)15(6-2)7-3/h15,17H,5-14H2,1-4H3. The molecule has 3 nitrogen and oxygen atoms in total. The van der Waals surface area contributed by atoms with Crippen LogP contribution in [0.4, 0.5) is 0 Å². The van der Waals surface area contributed by atoms with Crippen LogP contribution in [-0.4, -0.2) is 50.8 Å². The largest absolute Gasteiger partial charge is 0.381 e. The normalized spacial score (nSPS) is 19.3. The van der Waals surface area contributed by atoms with Gasteiger partial charge in [0.15, 0.2) is 0 Å². The first-order chi connectivity index (χ1) is 9.17. The molecular weight excluding hydrogens is 236 g/mol. The molecule has 0 spiro atoms. The average molecular weight is 270 g/mol. The highest BCUT2D eigenvalue weighted by Crippen LogP contribution is 2.31. The molecule has 0 radical (unpaired) electrons. The van der Waals surface area contributed by atoms with Crippen molar-refractivity contribution in [1.82, 2.24) is 10.2 Å². The molecule has 1 N–H and O–H groups in total. The summed E-state index contributed by atoms with van der Waals surface area (Å²) in [5, 5.41) is 3.64. The van der Waals surface area contributed by atoms with Crippen molar-refractivity contribution in [2.75, 3.05) is 39.9 Å². The molecule has 0 aromatic carbocycles. The van der Waals surface area contributed by atoms with Gasteiger partial charge in [-0.2, -0.15) is 0 Å². The molecule has 0 unspecified atom stereocenters. The molecule has 1 rings (SSSR count). The zero-order valence-electron chi connectivity index (χ0n) is 13.5. The second-order valence-corrected chi connectivity index (χ2v) is 6.17. The van der Waals surface area contributed by atoms with E-state index in [1.807, 2.05) is 0 Å². The molecular formula is C16H34N2O. The molecule has 0 amide bonds. The maximum atomic E-state index is 5.58. The molecule has 3 heteroatoms. The Morgan fingerprint density at radius 1 is 1.16 bits per heavy atom. The van der Waals surface area contributed by atoms with Crippen molar-refractivity contribution in [2.24, 2.45) is 5.41 Å². The number of rotatable bonds is 9. The van der Waals surface area contributed by atoms with E-state index in [1.54, 1.807) is 0 Å². The number of hydrogen-bond acceptors (Lipinski definition) is 3. The first-order valence-electron chi connectivity index (χ1n) is 8.16. The molecule has 1 saturated heterocycles. The lowest BCUT2D eigenvalue weighted by Gasteiger charge is -2.42. The molecule has 19 heavy (non-hydrogen) atoms. The molecule has 1 fully saturated rings. The summed E-state index contributed by atoms with van der Waals surface area (Å²) in [6.45, 7) is 12.2. The Bertz CT molecular complexity index is 223. The van der Waals surface area contributed by atoms with Crippen LogP contribution in [0.1, 0.15) is 52.9 Å². The van der Waals surface area contributed by atoms with E-state index in [4.69, 9.17) is 4.74 Å². The lowest BCUT2D eigenvalue weighted by molar-refractivity contribution is -0.00714. The summed E-state index contributed by atoms with van der Waals surface area (Å²) < 4.78 is 5.58. The van der Waals surface area contributed by atoms with E-state index in [9.17, 15) is 0 Å². The molecule has 1 heterocycles. The van der Waals surface area contributed by atoms with Gasteiger partial charge in [0.05, 0.1) is 0 Å². The number of ether oxygens (including phenoxy) is 1. The fourth-order valence-corrected chi connectivity index (χ4v) is 3.30. The quantitative estimate of drug-likeness (QED) is 0.652. The van der Waals surface area contributed by atoms with Gasteiger partial charge in [-0.3, -0.25) is 0 Å². The van der Waals surface area contributed by atoms with Gasteiger partial charge in [0, 0.05) is 32.3 Å². The van der Waals surface area contributed by atoms with Crippen LogP contribution in [0.25, 0.3) is 0 Å². The first kappa shape index (κ1) is 16.9. The lowest BCUT2D eigenvalue weighted by Crippen LogP contribution is -2.48. The third-order valence-electron chi connectivity index (χ3n) is 4.63. The Balaban J connectivity index is 2.57. The van der Waals surface area contributed by atoms with Crippen molar-refractivity contribution >= 4 is 0 Å². The van der Waals surface area contributed by atoms with E-state index in [0.29, 0.717) is 5.41 Å². The monoisotopic (exact) mass is 270 g/mol. The second kappa shape index (κ2) is 8.93.